The van der Waals surface area contributed by atoms with Gasteiger partial charge in [0.25, 0.3) is 6.43 Å². The molecule has 90 valence electrons. The lowest BCUT2D eigenvalue weighted by atomic mass is 10.0. The predicted octanol–water partition coefficient (Wildman–Crippen LogP) is 2.97. The van der Waals surface area contributed by atoms with Crippen molar-refractivity contribution in [3.05, 3.63) is 33.3 Å². The Labute approximate surface area is 105 Å². The molecule has 3 nitrogen and oxygen atoms in total. The van der Waals surface area contributed by atoms with Gasteiger partial charge < -0.3 is 4.74 Å². The smallest absolute Gasteiger partial charge is 0.309 e. The van der Waals surface area contributed by atoms with Gasteiger partial charge in [0.1, 0.15) is 0 Å². The Hall–Kier alpha value is -1.48. The number of esters is 1. The molecule has 0 aliphatic heterocycles. The molecule has 1 aromatic carbocycles. The van der Waals surface area contributed by atoms with Gasteiger partial charge in [-0.25, -0.2) is 8.78 Å². The number of rotatable bonds is 3. The van der Waals surface area contributed by atoms with Crippen molar-refractivity contribution in [3.63, 3.8) is 0 Å². The van der Waals surface area contributed by atoms with E-state index in [-0.39, 0.29) is 27.6 Å². The third-order valence-corrected chi connectivity index (χ3v) is 2.78. The lowest BCUT2D eigenvalue weighted by Crippen LogP contribution is -2.08. The van der Waals surface area contributed by atoms with Gasteiger partial charge in [-0.15, -0.1) is 0 Å². The zero-order valence-corrected chi connectivity index (χ0v) is 10.4. The number of methoxy groups -OCH3 is 1. The second-order valence-electron chi connectivity index (χ2n) is 3.20. The van der Waals surface area contributed by atoms with Gasteiger partial charge >= 0.3 is 5.97 Å². The molecule has 17 heavy (non-hydrogen) atoms. The first-order valence-electron chi connectivity index (χ1n) is 4.57. The summed E-state index contributed by atoms with van der Waals surface area (Å²) in [5.41, 5.74) is 0.0207. The fourth-order valence-corrected chi connectivity index (χ4v) is 2.03. The first kappa shape index (κ1) is 13.6. The van der Waals surface area contributed by atoms with E-state index < -0.39 is 12.4 Å². The Morgan fingerprint density at radius 1 is 1.59 bits per heavy atom. The highest BCUT2D eigenvalue weighted by molar-refractivity contribution is 9.10. The summed E-state index contributed by atoms with van der Waals surface area (Å²) in [6.45, 7) is 0. The predicted molar refractivity (Wildman–Crippen MR) is 59.5 cm³/mol. The van der Waals surface area contributed by atoms with E-state index in [0.717, 1.165) is 0 Å². The van der Waals surface area contributed by atoms with Crippen molar-refractivity contribution >= 4 is 21.9 Å². The normalized spacial score (nSPS) is 10.1. The molecule has 0 heterocycles. The fraction of sp³-hybridized carbons (Fsp3) is 0.273. The molecule has 0 unspecified atom stereocenters. The number of hydrogen-bond acceptors (Lipinski definition) is 3. The summed E-state index contributed by atoms with van der Waals surface area (Å²) in [7, 11) is 1.17. The summed E-state index contributed by atoms with van der Waals surface area (Å²) in [6, 6.07) is 4.40. The number of carbonyl (C=O) groups excluding carboxylic acids is 1. The third kappa shape index (κ3) is 3.24. The molecular weight excluding hydrogens is 296 g/mol. The highest BCUT2D eigenvalue weighted by Gasteiger charge is 2.20. The monoisotopic (exact) mass is 303 g/mol. The van der Waals surface area contributed by atoms with Gasteiger partial charge in [-0.05, 0) is 17.7 Å². The molecule has 0 fully saturated rings. The Morgan fingerprint density at radius 3 is 2.71 bits per heavy atom. The topological polar surface area (TPSA) is 50.1 Å². The van der Waals surface area contributed by atoms with E-state index in [1.54, 1.807) is 0 Å². The molecule has 0 radical (unpaired) electrons. The summed E-state index contributed by atoms with van der Waals surface area (Å²) >= 11 is 2.97. The quantitative estimate of drug-likeness (QED) is 0.807. The first-order chi connectivity index (χ1) is 7.99. The van der Waals surface area contributed by atoms with Gasteiger partial charge in [-0.3, -0.25) is 4.79 Å². The fourth-order valence-electron chi connectivity index (χ4n) is 1.36. The Bertz CT molecular complexity index is 483. The number of halogens is 3. The molecule has 0 aromatic heterocycles. The minimum absolute atomic E-state index is 0.0952. The molecule has 0 N–H and O–H groups in total. The highest BCUT2D eigenvalue weighted by Crippen LogP contribution is 2.32. The van der Waals surface area contributed by atoms with Crippen LogP contribution in [0.15, 0.2) is 16.6 Å². The van der Waals surface area contributed by atoms with Gasteiger partial charge in [-0.2, -0.15) is 5.26 Å². The van der Waals surface area contributed by atoms with Crippen molar-refractivity contribution in [3.8, 4) is 6.07 Å². The third-order valence-electron chi connectivity index (χ3n) is 2.12. The van der Waals surface area contributed by atoms with Crippen molar-refractivity contribution in [1.82, 2.24) is 0 Å². The molecule has 0 atom stereocenters. The van der Waals surface area contributed by atoms with E-state index in [4.69, 9.17) is 5.26 Å². The van der Waals surface area contributed by atoms with Crippen LogP contribution in [-0.4, -0.2) is 13.1 Å². The Kier molecular flexibility index (Phi) is 4.58. The molecule has 0 spiro atoms. The van der Waals surface area contributed by atoms with Crippen LogP contribution in [-0.2, 0) is 16.0 Å². The van der Waals surface area contributed by atoms with Gasteiger partial charge in [-0.1, -0.05) is 15.9 Å². The molecule has 0 amide bonds. The number of hydrogen-bond donors (Lipinski definition) is 0. The zero-order chi connectivity index (χ0) is 13.0. The van der Waals surface area contributed by atoms with Crippen molar-refractivity contribution in [2.75, 3.05) is 7.11 Å². The highest BCUT2D eigenvalue weighted by atomic mass is 79.9. The van der Waals surface area contributed by atoms with Crippen LogP contribution in [0.3, 0.4) is 0 Å². The second kappa shape index (κ2) is 5.73. The lowest BCUT2D eigenvalue weighted by Gasteiger charge is -2.10. The first-order valence-corrected chi connectivity index (χ1v) is 5.36. The molecular formula is C11H8BrF2NO2. The molecule has 0 aliphatic carbocycles. The lowest BCUT2D eigenvalue weighted by molar-refractivity contribution is -0.139. The molecule has 1 rings (SSSR count). The number of carbonyl (C=O) groups is 1. The molecule has 1 aromatic rings. The van der Waals surface area contributed by atoms with Crippen LogP contribution in [0.4, 0.5) is 8.78 Å². The second-order valence-corrected chi connectivity index (χ2v) is 4.05. The van der Waals surface area contributed by atoms with Crippen molar-refractivity contribution in [2.45, 2.75) is 12.8 Å². The van der Waals surface area contributed by atoms with Crippen LogP contribution in [0, 0.1) is 11.3 Å². The van der Waals surface area contributed by atoms with Crippen LogP contribution in [0.25, 0.3) is 0 Å². The number of ether oxygens (including phenoxy) is 1. The number of alkyl halides is 2. The minimum Gasteiger partial charge on any atom is -0.469 e. The van der Waals surface area contributed by atoms with Crippen LogP contribution in [0.1, 0.15) is 23.1 Å². The molecule has 0 saturated heterocycles. The minimum atomic E-state index is -2.73. The molecule has 0 bridgehead atoms. The summed E-state index contributed by atoms with van der Waals surface area (Å²) in [5, 5.41) is 8.73. The number of nitrogens with zero attached hydrogens (tertiary/aromatic N) is 1. The molecule has 0 saturated carbocycles. The van der Waals surface area contributed by atoms with E-state index in [2.05, 4.69) is 20.7 Å². The van der Waals surface area contributed by atoms with E-state index in [9.17, 15) is 13.6 Å². The zero-order valence-electron chi connectivity index (χ0n) is 8.84. The van der Waals surface area contributed by atoms with Crippen LogP contribution in [0.5, 0.6) is 0 Å². The molecule has 0 aliphatic rings. The number of benzene rings is 1. The molecule has 6 heteroatoms. The largest absolute Gasteiger partial charge is 0.469 e. The Balaban J connectivity index is 3.28. The van der Waals surface area contributed by atoms with E-state index >= 15 is 0 Å². The van der Waals surface area contributed by atoms with Gasteiger partial charge in [0.15, 0.2) is 0 Å². The van der Waals surface area contributed by atoms with E-state index in [1.807, 2.05) is 6.07 Å². The van der Waals surface area contributed by atoms with E-state index in [1.165, 1.54) is 19.2 Å². The summed E-state index contributed by atoms with van der Waals surface area (Å²) in [4.78, 5) is 11.1. The maximum atomic E-state index is 12.8. The standard InChI is InChI=1S/C11H8BrF2NO2/c1-17-9(16)4-7-2-6(5-15)3-8(12)10(7)11(13)14/h2-3,11H,4H2,1H3. The van der Waals surface area contributed by atoms with E-state index in [0.29, 0.717) is 0 Å². The van der Waals surface area contributed by atoms with Gasteiger partial charge in [0, 0.05) is 10.0 Å². The maximum absolute atomic E-state index is 12.8. The maximum Gasteiger partial charge on any atom is 0.309 e. The average molecular weight is 304 g/mol. The average Bonchev–Trinajstić information content (AvgIpc) is 2.27. The summed E-state index contributed by atoms with van der Waals surface area (Å²) in [5.74, 6) is -0.631. The number of nitriles is 1. The van der Waals surface area contributed by atoms with Gasteiger partial charge in [0.05, 0.1) is 25.2 Å². The summed E-state index contributed by atoms with van der Waals surface area (Å²) in [6.07, 6.45) is -3.01. The van der Waals surface area contributed by atoms with Crippen LogP contribution < -0.4 is 0 Å². The van der Waals surface area contributed by atoms with Gasteiger partial charge in [0.2, 0.25) is 0 Å². The SMILES string of the molecule is COC(=O)Cc1cc(C#N)cc(Br)c1C(F)F. The Morgan fingerprint density at radius 2 is 2.24 bits per heavy atom. The van der Waals surface area contributed by atoms with Crippen molar-refractivity contribution < 1.29 is 18.3 Å². The summed E-state index contributed by atoms with van der Waals surface area (Å²) < 4.78 is 30.2. The van der Waals surface area contributed by atoms with Crippen molar-refractivity contribution in [2.24, 2.45) is 0 Å². The van der Waals surface area contributed by atoms with Crippen molar-refractivity contribution in [1.29, 1.82) is 5.26 Å². The van der Waals surface area contributed by atoms with Crippen LogP contribution >= 0.6 is 15.9 Å². The van der Waals surface area contributed by atoms with Crippen LogP contribution in [0.2, 0.25) is 0 Å².